The molecule has 76 valence electrons. The minimum atomic E-state index is 0.428. The van der Waals surface area contributed by atoms with Gasteiger partial charge in [-0.2, -0.15) is 0 Å². The Hall–Kier alpha value is -1.34. The van der Waals surface area contributed by atoms with Gasteiger partial charge >= 0.3 is 0 Å². The van der Waals surface area contributed by atoms with Crippen LogP contribution >= 0.6 is 22.7 Å². The van der Waals surface area contributed by atoms with Gasteiger partial charge in [-0.25, -0.2) is 0 Å². The first-order valence-corrected chi connectivity index (χ1v) is 6.99. The number of allylic oxidation sites excluding steroid dienone is 3. The number of hydrogen-bond donors (Lipinski definition) is 0. The average molecular weight is 240 g/mol. The van der Waals surface area contributed by atoms with Crippen LogP contribution in [0.15, 0.2) is 52.4 Å². The lowest BCUT2D eigenvalue weighted by Gasteiger charge is -2.09. The lowest BCUT2D eigenvalue weighted by atomic mass is 9.92. The summed E-state index contributed by atoms with van der Waals surface area (Å²) in [6.45, 7) is 0. The summed E-state index contributed by atoms with van der Waals surface area (Å²) in [6, 6.07) is 4.52. The normalized spacial score (nSPS) is 16.6. The van der Waals surface area contributed by atoms with Crippen molar-refractivity contribution < 1.29 is 0 Å². The van der Waals surface area contributed by atoms with Crippen molar-refractivity contribution in [3.05, 3.63) is 63.6 Å². The van der Waals surface area contributed by atoms with Gasteiger partial charge in [0.05, 0.1) is 0 Å². The number of thiophene rings is 2. The van der Waals surface area contributed by atoms with Gasteiger partial charge < -0.3 is 0 Å². The topological polar surface area (TPSA) is 0 Å². The molecule has 4 rings (SSSR count). The highest BCUT2D eigenvalue weighted by Gasteiger charge is 2.32. The monoisotopic (exact) mass is 240 g/mol. The summed E-state index contributed by atoms with van der Waals surface area (Å²) in [4.78, 5) is 2.93. The summed E-state index contributed by atoms with van der Waals surface area (Å²) in [5.74, 6) is 0.428. The molecule has 0 spiro atoms. The maximum Gasteiger partial charge on any atom is 0.0487 e. The van der Waals surface area contributed by atoms with Gasteiger partial charge in [-0.3, -0.25) is 0 Å². The largest absolute Gasteiger partial charge is 0.143 e. The van der Waals surface area contributed by atoms with E-state index in [1.165, 1.54) is 26.5 Å². The molecule has 0 nitrogen and oxygen atoms in total. The number of hydrogen-bond acceptors (Lipinski definition) is 2. The van der Waals surface area contributed by atoms with Gasteiger partial charge in [0, 0.05) is 21.2 Å². The van der Waals surface area contributed by atoms with Gasteiger partial charge in [0.1, 0.15) is 0 Å². The Kier molecular flexibility index (Phi) is 1.69. The van der Waals surface area contributed by atoms with Crippen LogP contribution in [0.1, 0.15) is 17.0 Å². The maximum atomic E-state index is 3.35. The van der Waals surface area contributed by atoms with E-state index >= 15 is 0 Å². The smallest absolute Gasteiger partial charge is 0.0487 e. The molecule has 0 saturated heterocycles. The SMILES string of the molecule is C1=CC=CC=1C1c2ccsc2-c2sccc21. The Morgan fingerprint density at radius 3 is 2.25 bits per heavy atom. The third-order valence-corrected chi connectivity index (χ3v) is 5.18. The van der Waals surface area contributed by atoms with Crippen molar-refractivity contribution >= 4 is 22.7 Å². The molecular formula is C14H8S2. The first-order valence-electron chi connectivity index (χ1n) is 5.23. The van der Waals surface area contributed by atoms with Crippen LogP contribution in [0.5, 0.6) is 0 Å². The fourth-order valence-corrected chi connectivity index (χ4v) is 4.57. The van der Waals surface area contributed by atoms with Crippen LogP contribution in [-0.2, 0) is 0 Å². The van der Waals surface area contributed by atoms with E-state index in [0.717, 1.165) is 0 Å². The second-order valence-corrected chi connectivity index (χ2v) is 5.80. The molecule has 0 saturated carbocycles. The Bertz CT molecular complexity index is 620. The van der Waals surface area contributed by atoms with E-state index in [2.05, 4.69) is 40.8 Å². The van der Waals surface area contributed by atoms with Gasteiger partial charge in [-0.05, 0) is 46.2 Å². The molecule has 0 bridgehead atoms. The van der Waals surface area contributed by atoms with E-state index in [4.69, 9.17) is 0 Å². The summed E-state index contributed by atoms with van der Waals surface area (Å²) < 4.78 is 0. The van der Waals surface area contributed by atoms with Crippen molar-refractivity contribution in [1.29, 1.82) is 0 Å². The van der Waals surface area contributed by atoms with Crippen LogP contribution in [0.4, 0.5) is 0 Å². The minimum absolute atomic E-state index is 0.428. The van der Waals surface area contributed by atoms with Gasteiger partial charge in [0.15, 0.2) is 0 Å². The van der Waals surface area contributed by atoms with Crippen molar-refractivity contribution in [1.82, 2.24) is 0 Å². The van der Waals surface area contributed by atoms with Crippen LogP contribution in [0, 0.1) is 0 Å². The molecule has 16 heavy (non-hydrogen) atoms. The highest BCUT2D eigenvalue weighted by molar-refractivity contribution is 7.20. The third-order valence-electron chi connectivity index (χ3n) is 3.15. The van der Waals surface area contributed by atoms with E-state index in [-0.39, 0.29) is 0 Å². The molecule has 2 aliphatic carbocycles. The quantitative estimate of drug-likeness (QED) is 0.640. The van der Waals surface area contributed by atoms with Gasteiger partial charge in [0.2, 0.25) is 0 Å². The summed E-state index contributed by atoms with van der Waals surface area (Å²) in [5, 5.41) is 4.40. The summed E-state index contributed by atoms with van der Waals surface area (Å²) in [6.07, 6.45) is 6.26. The van der Waals surface area contributed by atoms with E-state index < -0.39 is 0 Å². The lowest BCUT2D eigenvalue weighted by Crippen LogP contribution is -1.95. The summed E-state index contributed by atoms with van der Waals surface area (Å²) in [5.41, 5.74) is 7.59. The van der Waals surface area contributed by atoms with Crippen molar-refractivity contribution in [2.24, 2.45) is 0 Å². The Balaban J connectivity index is 2.02. The maximum absolute atomic E-state index is 3.35. The molecular weight excluding hydrogens is 232 g/mol. The van der Waals surface area contributed by atoms with Crippen molar-refractivity contribution in [2.45, 2.75) is 5.92 Å². The highest BCUT2D eigenvalue weighted by Crippen LogP contribution is 2.53. The molecule has 2 heterocycles. The summed E-state index contributed by atoms with van der Waals surface area (Å²) >= 11 is 3.71. The zero-order valence-electron chi connectivity index (χ0n) is 8.44. The molecule has 0 aromatic carbocycles. The van der Waals surface area contributed by atoms with Crippen LogP contribution in [0.25, 0.3) is 9.75 Å². The predicted octanol–water partition coefficient (Wildman–Crippen LogP) is 4.57. The Labute approximate surface area is 102 Å². The van der Waals surface area contributed by atoms with Crippen molar-refractivity contribution in [3.63, 3.8) is 0 Å². The van der Waals surface area contributed by atoms with Gasteiger partial charge in [-0.15, -0.1) is 28.4 Å². The van der Waals surface area contributed by atoms with E-state index in [0.29, 0.717) is 5.92 Å². The van der Waals surface area contributed by atoms with Crippen LogP contribution in [-0.4, -0.2) is 0 Å². The van der Waals surface area contributed by atoms with Gasteiger partial charge in [-0.1, -0.05) is 6.08 Å². The Morgan fingerprint density at radius 2 is 1.69 bits per heavy atom. The molecule has 0 atom stereocenters. The van der Waals surface area contributed by atoms with E-state index in [1.54, 1.807) is 0 Å². The fourth-order valence-electron chi connectivity index (χ4n) is 2.49. The number of fused-ring (bicyclic) bond motifs is 3. The Morgan fingerprint density at radius 1 is 1.00 bits per heavy atom. The molecule has 0 unspecified atom stereocenters. The zero-order valence-corrected chi connectivity index (χ0v) is 10.1. The van der Waals surface area contributed by atoms with Crippen molar-refractivity contribution in [3.8, 4) is 9.75 Å². The van der Waals surface area contributed by atoms with Crippen molar-refractivity contribution in [2.75, 3.05) is 0 Å². The second kappa shape index (κ2) is 3.08. The average Bonchev–Trinajstić information content (AvgIpc) is 3.00. The minimum Gasteiger partial charge on any atom is -0.143 e. The molecule has 2 aliphatic rings. The van der Waals surface area contributed by atoms with E-state index in [9.17, 15) is 0 Å². The zero-order chi connectivity index (χ0) is 10.5. The highest BCUT2D eigenvalue weighted by atomic mass is 32.1. The first kappa shape index (κ1) is 8.77. The first-order chi connectivity index (χ1) is 7.95. The van der Waals surface area contributed by atoms with Crippen LogP contribution in [0.3, 0.4) is 0 Å². The molecule has 0 radical (unpaired) electrons. The van der Waals surface area contributed by atoms with E-state index in [1.807, 2.05) is 28.7 Å². The third kappa shape index (κ3) is 0.992. The molecule has 2 heteroatoms. The second-order valence-electron chi connectivity index (χ2n) is 3.97. The molecule has 0 fully saturated rings. The number of rotatable bonds is 1. The van der Waals surface area contributed by atoms with Crippen LogP contribution in [0.2, 0.25) is 0 Å². The standard InChI is InChI=1S/C14H8S2/c1-2-4-9(3-1)12-10-5-7-15-13(10)14-11(12)6-8-16-14/h1-3,5-8,12H. The fraction of sp³-hybridized carbons (Fsp3) is 0.0714. The predicted molar refractivity (Wildman–Crippen MR) is 70.2 cm³/mol. The molecule has 0 amide bonds. The van der Waals surface area contributed by atoms with Gasteiger partial charge in [0.25, 0.3) is 0 Å². The molecule has 2 aromatic rings. The molecule has 0 aliphatic heterocycles. The molecule has 0 N–H and O–H groups in total. The van der Waals surface area contributed by atoms with Crippen LogP contribution < -0.4 is 0 Å². The lowest BCUT2D eigenvalue weighted by molar-refractivity contribution is 1.03. The molecule has 2 aromatic heterocycles. The summed E-state index contributed by atoms with van der Waals surface area (Å²) in [7, 11) is 0.